The fourth-order valence-corrected chi connectivity index (χ4v) is 4.05. The molecule has 2 rings (SSSR count). The zero-order valence-electron chi connectivity index (χ0n) is 16.4. The van der Waals surface area contributed by atoms with Crippen molar-refractivity contribution in [2.45, 2.75) is 39.2 Å². The van der Waals surface area contributed by atoms with Gasteiger partial charge in [0.2, 0.25) is 5.91 Å². The first kappa shape index (κ1) is 22.2. The number of carbonyl (C=O) groups is 3. The van der Waals surface area contributed by atoms with Gasteiger partial charge in [0.15, 0.2) is 0 Å². The molecule has 9 heteroatoms. The molecule has 0 saturated carbocycles. The Morgan fingerprint density at radius 3 is 2.50 bits per heavy atom. The number of carbonyl (C=O) groups excluding carboxylic acids is 3. The molecule has 1 atom stereocenters. The molecule has 0 bridgehead atoms. The fourth-order valence-electron chi connectivity index (χ4n) is 2.85. The Morgan fingerprint density at radius 1 is 1.25 bits per heavy atom. The van der Waals surface area contributed by atoms with Gasteiger partial charge in [-0.2, -0.15) is 5.01 Å². The second-order valence-corrected chi connectivity index (χ2v) is 8.26. The summed E-state index contributed by atoms with van der Waals surface area (Å²) in [5, 5.41) is 3.46. The number of benzene rings is 1. The molecule has 1 aliphatic rings. The highest BCUT2D eigenvalue weighted by atomic mass is 32.2. The Labute approximate surface area is 175 Å². The van der Waals surface area contributed by atoms with E-state index in [1.165, 1.54) is 11.8 Å². The summed E-state index contributed by atoms with van der Waals surface area (Å²) < 4.78 is 0.616. The van der Waals surface area contributed by atoms with E-state index >= 15 is 0 Å². The van der Waals surface area contributed by atoms with Crippen molar-refractivity contribution in [2.24, 2.45) is 0 Å². The van der Waals surface area contributed by atoms with Crippen molar-refractivity contribution in [3.63, 3.8) is 0 Å². The summed E-state index contributed by atoms with van der Waals surface area (Å²) in [7, 11) is 0. The predicted molar refractivity (Wildman–Crippen MR) is 115 cm³/mol. The van der Waals surface area contributed by atoms with Crippen molar-refractivity contribution in [1.82, 2.24) is 20.7 Å². The van der Waals surface area contributed by atoms with Crippen molar-refractivity contribution in [3.05, 3.63) is 35.9 Å². The lowest BCUT2D eigenvalue weighted by atomic mass is 9.93. The first-order chi connectivity index (χ1) is 13.3. The topological polar surface area (TPSA) is 81.8 Å². The van der Waals surface area contributed by atoms with Gasteiger partial charge in [-0.25, -0.2) is 4.79 Å². The van der Waals surface area contributed by atoms with Crippen LogP contribution in [-0.4, -0.2) is 56.5 Å². The fraction of sp³-hybridized carbons (Fsp3) is 0.474. The maximum Gasteiger partial charge on any atom is 0.344 e. The summed E-state index contributed by atoms with van der Waals surface area (Å²) in [6.07, 6.45) is 1.08. The zero-order valence-corrected chi connectivity index (χ0v) is 18.0. The summed E-state index contributed by atoms with van der Waals surface area (Å²) in [6, 6.07) is 9.11. The molecule has 152 valence electrons. The molecule has 0 radical (unpaired) electrons. The lowest BCUT2D eigenvalue weighted by Crippen LogP contribution is -2.49. The van der Waals surface area contributed by atoms with E-state index in [2.05, 4.69) is 10.7 Å². The number of urea groups is 1. The van der Waals surface area contributed by atoms with Gasteiger partial charge in [0.25, 0.3) is 5.91 Å². The highest BCUT2D eigenvalue weighted by Crippen LogP contribution is 2.22. The van der Waals surface area contributed by atoms with Gasteiger partial charge < -0.3 is 10.2 Å². The molecule has 0 aromatic heterocycles. The van der Waals surface area contributed by atoms with Gasteiger partial charge in [0.1, 0.15) is 9.86 Å². The molecule has 7 nitrogen and oxygen atoms in total. The van der Waals surface area contributed by atoms with Crippen LogP contribution in [0.2, 0.25) is 0 Å². The van der Waals surface area contributed by atoms with E-state index in [9.17, 15) is 14.4 Å². The number of thioether (sulfide) groups is 1. The van der Waals surface area contributed by atoms with Gasteiger partial charge in [-0.1, -0.05) is 54.3 Å². The summed E-state index contributed by atoms with van der Waals surface area (Å²) >= 11 is 6.50. The average molecular weight is 423 g/mol. The Hall–Kier alpha value is -2.13. The van der Waals surface area contributed by atoms with Crippen LogP contribution in [0.1, 0.15) is 32.8 Å². The number of nitrogens with one attached hydrogen (secondary N) is 2. The number of hydrogen-bond donors (Lipinski definition) is 2. The third kappa shape index (κ3) is 5.45. The van der Waals surface area contributed by atoms with Crippen molar-refractivity contribution in [3.8, 4) is 0 Å². The van der Waals surface area contributed by atoms with E-state index in [1.54, 1.807) is 6.92 Å². The molecule has 1 aliphatic heterocycles. The smallest absolute Gasteiger partial charge is 0.344 e. The van der Waals surface area contributed by atoms with Gasteiger partial charge in [0.05, 0.1) is 5.75 Å². The van der Waals surface area contributed by atoms with E-state index in [1.807, 2.05) is 49.1 Å². The molecule has 0 aliphatic carbocycles. The van der Waals surface area contributed by atoms with Crippen LogP contribution in [0, 0.1) is 0 Å². The number of amides is 4. The highest BCUT2D eigenvalue weighted by molar-refractivity contribution is 8.23. The minimum Gasteiger partial charge on any atom is -0.358 e. The van der Waals surface area contributed by atoms with Gasteiger partial charge in [-0.3, -0.25) is 15.0 Å². The number of imide groups is 1. The minimum absolute atomic E-state index is 0.0348. The molecule has 0 spiro atoms. The maximum absolute atomic E-state index is 12.7. The molecule has 1 aromatic carbocycles. The third-order valence-electron chi connectivity index (χ3n) is 4.60. The van der Waals surface area contributed by atoms with Crippen LogP contribution < -0.4 is 10.7 Å². The summed E-state index contributed by atoms with van der Waals surface area (Å²) in [5.74, 6) is -0.874. The molecule has 1 saturated heterocycles. The molecule has 0 unspecified atom stereocenters. The quantitative estimate of drug-likeness (QED) is 0.494. The maximum atomic E-state index is 12.7. The number of hydrogen-bond acceptors (Lipinski definition) is 5. The highest BCUT2D eigenvalue weighted by Gasteiger charge is 2.48. The number of rotatable bonds is 8. The molecule has 4 amide bonds. The standard InChI is InChI=1S/C19H26N4O3S2/c1-4-22(5-2)18(27)28-13-15(24)21-23-16(25)19(3,20-17(23)26)12-11-14-9-7-6-8-10-14/h6-10H,4-5,11-13H2,1-3H3,(H,20,26)(H,21,24)/t19-/m1/s1. The van der Waals surface area contributed by atoms with E-state index in [-0.39, 0.29) is 5.75 Å². The van der Waals surface area contributed by atoms with Gasteiger partial charge in [0, 0.05) is 13.1 Å². The van der Waals surface area contributed by atoms with Crippen molar-refractivity contribution in [1.29, 1.82) is 0 Å². The Morgan fingerprint density at radius 2 is 1.89 bits per heavy atom. The number of nitrogens with zero attached hydrogens (tertiary/aromatic N) is 2. The van der Waals surface area contributed by atoms with Crippen LogP contribution in [0.15, 0.2) is 30.3 Å². The Bertz CT molecular complexity index is 740. The Kier molecular flexibility index (Phi) is 7.82. The van der Waals surface area contributed by atoms with E-state index in [0.29, 0.717) is 17.2 Å². The first-order valence-electron chi connectivity index (χ1n) is 9.22. The summed E-state index contributed by atoms with van der Waals surface area (Å²) in [5.41, 5.74) is 2.42. The molecular weight excluding hydrogens is 396 g/mol. The van der Waals surface area contributed by atoms with Crippen molar-refractivity contribution in [2.75, 3.05) is 18.8 Å². The molecular formula is C19H26N4O3S2. The van der Waals surface area contributed by atoms with Crippen LogP contribution in [0.25, 0.3) is 0 Å². The van der Waals surface area contributed by atoms with Crippen LogP contribution in [0.4, 0.5) is 4.79 Å². The average Bonchev–Trinajstić information content (AvgIpc) is 2.90. The second-order valence-electron chi connectivity index (χ2n) is 6.65. The van der Waals surface area contributed by atoms with Crippen LogP contribution in [-0.2, 0) is 16.0 Å². The lowest BCUT2D eigenvalue weighted by molar-refractivity contribution is -0.138. The third-order valence-corrected chi connectivity index (χ3v) is 6.13. The summed E-state index contributed by atoms with van der Waals surface area (Å²) in [6.45, 7) is 7.17. The predicted octanol–water partition coefficient (Wildman–Crippen LogP) is 2.32. The van der Waals surface area contributed by atoms with Crippen LogP contribution >= 0.6 is 24.0 Å². The molecule has 1 aromatic rings. The number of aryl methyl sites for hydroxylation is 1. The van der Waals surface area contributed by atoms with E-state index in [4.69, 9.17) is 12.2 Å². The Balaban J connectivity index is 1.90. The number of thiocarbonyl (C=S) groups is 1. The zero-order chi connectivity index (χ0) is 20.7. The van der Waals surface area contributed by atoms with Gasteiger partial charge in [-0.15, -0.1) is 0 Å². The number of hydrazine groups is 1. The molecule has 1 fully saturated rings. The van der Waals surface area contributed by atoms with Crippen molar-refractivity contribution < 1.29 is 14.4 Å². The summed E-state index contributed by atoms with van der Waals surface area (Å²) in [4.78, 5) is 39.1. The van der Waals surface area contributed by atoms with Crippen molar-refractivity contribution >= 4 is 46.1 Å². The SMILES string of the molecule is CCN(CC)C(=S)SCC(=O)NN1C(=O)N[C@](C)(CCc2ccccc2)C1=O. The first-order valence-corrected chi connectivity index (χ1v) is 10.6. The second kappa shape index (κ2) is 9.88. The van der Waals surface area contributed by atoms with Crippen LogP contribution in [0.5, 0.6) is 0 Å². The van der Waals surface area contributed by atoms with E-state index < -0.39 is 23.4 Å². The molecule has 2 N–H and O–H groups in total. The van der Waals surface area contributed by atoms with E-state index in [0.717, 1.165) is 23.7 Å². The minimum atomic E-state index is -1.05. The molecule has 1 heterocycles. The van der Waals surface area contributed by atoms with Crippen LogP contribution in [0.3, 0.4) is 0 Å². The normalized spacial score (nSPS) is 18.8. The van der Waals surface area contributed by atoms with Gasteiger partial charge in [-0.05, 0) is 39.2 Å². The lowest BCUT2D eigenvalue weighted by Gasteiger charge is -2.22. The monoisotopic (exact) mass is 422 g/mol. The largest absolute Gasteiger partial charge is 0.358 e. The van der Waals surface area contributed by atoms with Gasteiger partial charge >= 0.3 is 6.03 Å². The molecule has 28 heavy (non-hydrogen) atoms.